The number of ether oxygens (including phenoxy) is 1. The molecule has 0 radical (unpaired) electrons. The third-order valence-corrected chi connectivity index (χ3v) is 1.83. The lowest BCUT2D eigenvalue weighted by Crippen LogP contribution is -2.28. The predicted molar refractivity (Wildman–Crippen MR) is 45.0 cm³/mol. The van der Waals surface area contributed by atoms with Gasteiger partial charge in [-0.2, -0.15) is 0 Å². The molecule has 0 saturated carbocycles. The van der Waals surface area contributed by atoms with Crippen LogP contribution in [0.1, 0.15) is 6.92 Å². The first-order chi connectivity index (χ1) is 5.75. The van der Waals surface area contributed by atoms with Crippen LogP contribution in [0, 0.1) is 5.82 Å². The first-order valence-corrected chi connectivity index (χ1v) is 3.94. The molecule has 0 fully saturated rings. The summed E-state index contributed by atoms with van der Waals surface area (Å²) in [6, 6.07) is 4.81. The molecule has 0 saturated heterocycles. The van der Waals surface area contributed by atoms with Gasteiger partial charge in [0.25, 0.3) is 0 Å². The molecule has 0 bridgehead atoms. The van der Waals surface area contributed by atoms with Crippen LogP contribution in [0.3, 0.4) is 0 Å². The first-order valence-electron chi connectivity index (χ1n) is 3.94. The molecule has 1 aliphatic heterocycles. The molecule has 2 rings (SSSR count). The van der Waals surface area contributed by atoms with E-state index in [1.54, 1.807) is 6.07 Å². The highest BCUT2D eigenvalue weighted by atomic mass is 19.1. The Labute approximate surface area is 70.3 Å². The van der Waals surface area contributed by atoms with Crippen molar-refractivity contribution >= 4 is 5.69 Å². The van der Waals surface area contributed by atoms with Gasteiger partial charge in [-0.1, -0.05) is 0 Å². The lowest BCUT2D eigenvalue weighted by Gasteiger charge is -2.24. The summed E-state index contributed by atoms with van der Waals surface area (Å²) in [4.78, 5) is 0. The van der Waals surface area contributed by atoms with E-state index in [2.05, 4.69) is 5.32 Å². The Bertz CT molecular complexity index is 301. The van der Waals surface area contributed by atoms with E-state index in [1.807, 2.05) is 6.92 Å². The molecule has 3 heteroatoms. The van der Waals surface area contributed by atoms with Crippen LogP contribution in [0.25, 0.3) is 0 Å². The van der Waals surface area contributed by atoms with Crippen molar-refractivity contribution in [1.29, 1.82) is 0 Å². The molecule has 0 amide bonds. The molecule has 1 aromatic carbocycles. The monoisotopic (exact) mass is 167 g/mol. The number of hydrogen-bond donors (Lipinski definition) is 1. The van der Waals surface area contributed by atoms with E-state index < -0.39 is 0 Å². The van der Waals surface area contributed by atoms with E-state index in [0.29, 0.717) is 18.4 Å². The van der Waals surface area contributed by atoms with Gasteiger partial charge in [-0.3, -0.25) is 0 Å². The summed E-state index contributed by atoms with van der Waals surface area (Å²) in [5.74, 6) is 0.346. The van der Waals surface area contributed by atoms with Crippen LogP contribution < -0.4 is 10.1 Å². The first kappa shape index (κ1) is 7.40. The minimum atomic E-state index is -0.259. The predicted octanol–water partition coefficient (Wildman–Crippen LogP) is 2.02. The maximum absolute atomic E-state index is 12.7. The lowest BCUT2D eigenvalue weighted by atomic mass is 10.2. The molecule has 0 unspecified atom stereocenters. The van der Waals surface area contributed by atoms with Crippen molar-refractivity contribution < 1.29 is 9.13 Å². The van der Waals surface area contributed by atoms with Gasteiger partial charge in [-0.15, -0.1) is 0 Å². The van der Waals surface area contributed by atoms with E-state index in [0.717, 1.165) is 5.69 Å². The van der Waals surface area contributed by atoms with Crippen molar-refractivity contribution in [2.45, 2.75) is 13.0 Å². The molecular formula is C9H10FNO. The van der Waals surface area contributed by atoms with E-state index in [-0.39, 0.29) is 5.82 Å². The molecule has 0 aliphatic carbocycles. The summed E-state index contributed by atoms with van der Waals surface area (Å²) in [7, 11) is 0. The standard InChI is InChI=1S/C9H10FNO/c1-6-5-12-9-4-7(10)2-3-8(9)11-6/h2-4,6,11H,5H2,1H3/t6-/m0/s1. The fraction of sp³-hybridized carbons (Fsp3) is 0.333. The lowest BCUT2D eigenvalue weighted by molar-refractivity contribution is 0.290. The van der Waals surface area contributed by atoms with Crippen molar-refractivity contribution in [2.24, 2.45) is 0 Å². The second kappa shape index (κ2) is 2.66. The number of fused-ring (bicyclic) bond motifs is 1. The third kappa shape index (κ3) is 1.22. The number of rotatable bonds is 0. The molecule has 1 heterocycles. The van der Waals surface area contributed by atoms with Gasteiger partial charge < -0.3 is 10.1 Å². The van der Waals surface area contributed by atoms with E-state index >= 15 is 0 Å². The van der Waals surface area contributed by atoms with Gasteiger partial charge in [-0.25, -0.2) is 4.39 Å². The largest absolute Gasteiger partial charge is 0.489 e. The van der Waals surface area contributed by atoms with Crippen LogP contribution >= 0.6 is 0 Å². The zero-order chi connectivity index (χ0) is 8.55. The van der Waals surface area contributed by atoms with Gasteiger partial charge in [-0.05, 0) is 19.1 Å². The quantitative estimate of drug-likeness (QED) is 0.638. The summed E-state index contributed by atoms with van der Waals surface area (Å²) in [6.07, 6.45) is 0. The summed E-state index contributed by atoms with van der Waals surface area (Å²) in [5.41, 5.74) is 0.871. The van der Waals surface area contributed by atoms with Crippen LogP contribution in [0.5, 0.6) is 5.75 Å². The number of benzene rings is 1. The van der Waals surface area contributed by atoms with Crippen molar-refractivity contribution in [2.75, 3.05) is 11.9 Å². The van der Waals surface area contributed by atoms with E-state index in [4.69, 9.17) is 4.74 Å². The number of nitrogens with one attached hydrogen (secondary N) is 1. The van der Waals surface area contributed by atoms with Gasteiger partial charge in [0, 0.05) is 6.07 Å². The molecule has 0 aromatic heterocycles. The molecule has 1 aliphatic rings. The topological polar surface area (TPSA) is 21.3 Å². The summed E-state index contributed by atoms with van der Waals surface area (Å²) >= 11 is 0. The van der Waals surface area contributed by atoms with E-state index in [9.17, 15) is 4.39 Å². The normalized spacial score (nSPS) is 20.7. The molecule has 12 heavy (non-hydrogen) atoms. The van der Waals surface area contributed by atoms with Crippen LogP contribution in [-0.4, -0.2) is 12.6 Å². The minimum Gasteiger partial charge on any atom is -0.489 e. The van der Waals surface area contributed by atoms with Crippen LogP contribution in [0.2, 0.25) is 0 Å². The maximum Gasteiger partial charge on any atom is 0.145 e. The zero-order valence-corrected chi connectivity index (χ0v) is 6.80. The van der Waals surface area contributed by atoms with Crippen molar-refractivity contribution in [3.05, 3.63) is 24.0 Å². The molecule has 64 valence electrons. The van der Waals surface area contributed by atoms with Crippen molar-refractivity contribution in [3.8, 4) is 5.75 Å². The third-order valence-electron chi connectivity index (χ3n) is 1.83. The Balaban J connectivity index is 2.37. The second-order valence-electron chi connectivity index (χ2n) is 3.00. The van der Waals surface area contributed by atoms with Crippen LogP contribution in [0.15, 0.2) is 18.2 Å². The van der Waals surface area contributed by atoms with E-state index in [1.165, 1.54) is 12.1 Å². The fourth-order valence-corrected chi connectivity index (χ4v) is 1.26. The van der Waals surface area contributed by atoms with Gasteiger partial charge in [0.2, 0.25) is 0 Å². The SMILES string of the molecule is C[C@H]1COc2cc(F)ccc2N1. The molecule has 0 spiro atoms. The fourth-order valence-electron chi connectivity index (χ4n) is 1.26. The Hall–Kier alpha value is -1.25. The number of anilines is 1. The molecule has 2 nitrogen and oxygen atoms in total. The Kier molecular flexibility index (Phi) is 1.64. The van der Waals surface area contributed by atoms with Gasteiger partial charge >= 0.3 is 0 Å². The molecule has 1 N–H and O–H groups in total. The second-order valence-corrected chi connectivity index (χ2v) is 3.00. The van der Waals surface area contributed by atoms with Crippen molar-refractivity contribution in [1.82, 2.24) is 0 Å². The smallest absolute Gasteiger partial charge is 0.145 e. The average molecular weight is 167 g/mol. The Morgan fingerprint density at radius 1 is 1.58 bits per heavy atom. The summed E-state index contributed by atoms with van der Waals surface area (Å²) < 4.78 is 18.0. The van der Waals surface area contributed by atoms with Gasteiger partial charge in [0.15, 0.2) is 0 Å². The van der Waals surface area contributed by atoms with Crippen LogP contribution in [-0.2, 0) is 0 Å². The van der Waals surface area contributed by atoms with Gasteiger partial charge in [0.1, 0.15) is 18.2 Å². The summed E-state index contributed by atoms with van der Waals surface area (Å²) in [5, 5.41) is 3.20. The Morgan fingerprint density at radius 3 is 3.25 bits per heavy atom. The molecule has 1 aromatic rings. The highest BCUT2D eigenvalue weighted by Crippen LogP contribution is 2.28. The van der Waals surface area contributed by atoms with Crippen molar-refractivity contribution in [3.63, 3.8) is 0 Å². The minimum absolute atomic E-state index is 0.259. The highest BCUT2D eigenvalue weighted by Gasteiger charge is 2.14. The molecule has 1 atom stereocenters. The average Bonchev–Trinajstić information content (AvgIpc) is 2.05. The number of halogens is 1. The van der Waals surface area contributed by atoms with Crippen LogP contribution in [0.4, 0.5) is 10.1 Å². The van der Waals surface area contributed by atoms with Gasteiger partial charge in [0.05, 0.1) is 11.7 Å². The Morgan fingerprint density at radius 2 is 2.42 bits per heavy atom. The molecular weight excluding hydrogens is 157 g/mol. The highest BCUT2D eigenvalue weighted by molar-refractivity contribution is 5.58. The summed E-state index contributed by atoms with van der Waals surface area (Å²) in [6.45, 7) is 2.61. The number of hydrogen-bond acceptors (Lipinski definition) is 2. The zero-order valence-electron chi connectivity index (χ0n) is 6.80. The maximum atomic E-state index is 12.7.